The van der Waals surface area contributed by atoms with Crippen LogP contribution in [0.25, 0.3) is 0 Å². The Hall–Kier alpha value is -2.57. The molecule has 19 heavy (non-hydrogen) atoms. The van der Waals surface area contributed by atoms with E-state index in [1.807, 2.05) is 0 Å². The van der Waals surface area contributed by atoms with Crippen LogP contribution in [-0.2, 0) is 14.4 Å². The molecule has 2 N–H and O–H groups in total. The molecule has 7 heteroatoms. The van der Waals surface area contributed by atoms with Crippen LogP contribution >= 0.6 is 0 Å². The fourth-order valence-electron chi connectivity index (χ4n) is 1.63. The summed E-state index contributed by atoms with van der Waals surface area (Å²) >= 11 is 0. The number of ether oxygens (including phenoxy) is 1. The topological polar surface area (TPSA) is 98.9 Å². The predicted molar refractivity (Wildman–Crippen MR) is 63.9 cm³/mol. The molecule has 100 valence electrons. The number of nitrogen functional groups attached to an aromatic ring is 1. The van der Waals surface area contributed by atoms with Gasteiger partial charge >= 0.3 is 5.97 Å². The number of carbonyl (C=O) groups is 3. The molecule has 2 rings (SSSR count). The molecule has 1 heterocycles. The number of nitrogens with zero attached hydrogens (tertiary/aromatic N) is 1. The summed E-state index contributed by atoms with van der Waals surface area (Å²) in [4.78, 5) is 39.2. The van der Waals surface area contributed by atoms with Gasteiger partial charge in [0, 0.05) is 12.8 Å². The number of anilines is 1. The minimum Gasteiger partial charge on any atom is -0.495 e. The van der Waals surface area contributed by atoms with Crippen molar-refractivity contribution in [2.45, 2.75) is 12.8 Å². The molecule has 1 fully saturated rings. The summed E-state index contributed by atoms with van der Waals surface area (Å²) in [5, 5.41) is 0.491. The van der Waals surface area contributed by atoms with Gasteiger partial charge in [0.15, 0.2) is 0 Å². The van der Waals surface area contributed by atoms with Crippen LogP contribution in [-0.4, -0.2) is 30.0 Å². The van der Waals surface area contributed by atoms with E-state index >= 15 is 0 Å². The summed E-state index contributed by atoms with van der Waals surface area (Å²) in [6.07, 6.45) is 0.106. The minimum atomic E-state index is -0.818. The zero-order valence-electron chi connectivity index (χ0n) is 10.2. The molecule has 0 radical (unpaired) electrons. The van der Waals surface area contributed by atoms with E-state index in [-0.39, 0.29) is 18.4 Å². The third-order valence-electron chi connectivity index (χ3n) is 2.65. The monoisotopic (exact) mass is 264 g/mol. The average Bonchev–Trinajstić information content (AvgIpc) is 2.71. The molecule has 1 aliphatic heterocycles. The number of benzene rings is 1. The first kappa shape index (κ1) is 12.9. The van der Waals surface area contributed by atoms with Crippen molar-refractivity contribution in [1.29, 1.82) is 0 Å². The number of amides is 2. The Morgan fingerprint density at radius 1 is 1.26 bits per heavy atom. The molecular weight excluding hydrogens is 252 g/mol. The van der Waals surface area contributed by atoms with Gasteiger partial charge < -0.3 is 15.3 Å². The molecule has 0 bridgehead atoms. The maximum Gasteiger partial charge on any atom is 0.364 e. The van der Waals surface area contributed by atoms with E-state index in [1.165, 1.54) is 25.3 Å². The van der Waals surface area contributed by atoms with Crippen LogP contribution in [0, 0.1) is 0 Å². The van der Waals surface area contributed by atoms with Crippen LogP contribution < -0.4 is 10.5 Å². The fraction of sp³-hybridized carbons (Fsp3) is 0.250. The van der Waals surface area contributed by atoms with E-state index in [0.29, 0.717) is 16.5 Å². The molecule has 7 nitrogen and oxygen atoms in total. The first-order valence-corrected chi connectivity index (χ1v) is 5.54. The number of hydrogen-bond donors (Lipinski definition) is 1. The van der Waals surface area contributed by atoms with E-state index in [2.05, 4.69) is 0 Å². The number of carbonyl (C=O) groups excluding carboxylic acids is 3. The lowest BCUT2D eigenvalue weighted by Crippen LogP contribution is -2.32. The first-order chi connectivity index (χ1) is 9.02. The third-order valence-corrected chi connectivity index (χ3v) is 2.65. The smallest absolute Gasteiger partial charge is 0.364 e. The van der Waals surface area contributed by atoms with Crippen LogP contribution in [0.15, 0.2) is 18.2 Å². The average molecular weight is 264 g/mol. The van der Waals surface area contributed by atoms with Gasteiger partial charge in [-0.2, -0.15) is 0 Å². The molecule has 1 saturated heterocycles. The minimum absolute atomic E-state index is 0.0528. The van der Waals surface area contributed by atoms with Crippen molar-refractivity contribution in [1.82, 2.24) is 5.06 Å². The zero-order chi connectivity index (χ0) is 14.0. The van der Waals surface area contributed by atoms with Crippen molar-refractivity contribution >= 4 is 23.5 Å². The van der Waals surface area contributed by atoms with Crippen LogP contribution in [0.2, 0.25) is 0 Å². The number of nitrogens with two attached hydrogens (primary N) is 1. The van der Waals surface area contributed by atoms with Gasteiger partial charge in [0.05, 0.1) is 18.4 Å². The molecule has 2 amide bonds. The van der Waals surface area contributed by atoms with Crippen molar-refractivity contribution in [3.8, 4) is 5.75 Å². The van der Waals surface area contributed by atoms with E-state index in [4.69, 9.17) is 15.3 Å². The SMILES string of the molecule is COc1cc(C(=O)ON2C(=O)CCC2=O)ccc1N. The highest BCUT2D eigenvalue weighted by Gasteiger charge is 2.33. The number of imide groups is 1. The highest BCUT2D eigenvalue weighted by atomic mass is 16.7. The van der Waals surface area contributed by atoms with Crippen molar-refractivity contribution < 1.29 is 24.0 Å². The van der Waals surface area contributed by atoms with Crippen molar-refractivity contribution in [3.05, 3.63) is 23.8 Å². The first-order valence-electron chi connectivity index (χ1n) is 5.54. The third kappa shape index (κ3) is 2.49. The summed E-state index contributed by atoms with van der Waals surface area (Å²) < 4.78 is 4.97. The lowest BCUT2D eigenvalue weighted by molar-refractivity contribution is -0.172. The largest absolute Gasteiger partial charge is 0.495 e. The molecular formula is C12H12N2O5. The van der Waals surface area contributed by atoms with E-state index in [0.717, 1.165) is 0 Å². The molecule has 1 aliphatic rings. The standard InChI is InChI=1S/C12H12N2O5/c1-18-9-6-7(2-3-8(9)13)12(17)19-14-10(15)4-5-11(14)16/h2-3,6H,4-5,13H2,1H3. The fourth-order valence-corrected chi connectivity index (χ4v) is 1.63. The molecule has 0 atom stereocenters. The Bertz CT molecular complexity index is 539. The van der Waals surface area contributed by atoms with Crippen LogP contribution in [0.3, 0.4) is 0 Å². The Labute approximate surface area is 108 Å². The highest BCUT2D eigenvalue weighted by Crippen LogP contribution is 2.23. The second-order valence-electron chi connectivity index (χ2n) is 3.92. The highest BCUT2D eigenvalue weighted by molar-refractivity contribution is 6.02. The predicted octanol–water partition coefficient (Wildman–Crippen LogP) is 0.498. The van der Waals surface area contributed by atoms with Crippen molar-refractivity contribution in [2.75, 3.05) is 12.8 Å². The summed E-state index contributed by atoms with van der Waals surface area (Å²) in [5.74, 6) is -1.56. The Balaban J connectivity index is 2.16. The second-order valence-corrected chi connectivity index (χ2v) is 3.92. The molecule has 0 aromatic heterocycles. The maximum absolute atomic E-state index is 11.8. The summed E-state index contributed by atoms with van der Waals surface area (Å²) in [6.45, 7) is 0. The van der Waals surface area contributed by atoms with Gasteiger partial charge in [0.2, 0.25) is 0 Å². The van der Waals surface area contributed by atoms with Gasteiger partial charge in [-0.3, -0.25) is 9.59 Å². The van der Waals surface area contributed by atoms with Crippen molar-refractivity contribution in [2.24, 2.45) is 0 Å². The Morgan fingerprint density at radius 2 is 1.89 bits per heavy atom. The van der Waals surface area contributed by atoms with E-state index in [1.54, 1.807) is 0 Å². The van der Waals surface area contributed by atoms with Crippen molar-refractivity contribution in [3.63, 3.8) is 0 Å². The van der Waals surface area contributed by atoms with E-state index < -0.39 is 17.8 Å². The van der Waals surface area contributed by atoms with Gasteiger partial charge in [-0.25, -0.2) is 4.79 Å². The Morgan fingerprint density at radius 3 is 2.47 bits per heavy atom. The molecule has 1 aromatic rings. The molecule has 1 aromatic carbocycles. The van der Waals surface area contributed by atoms with Gasteiger partial charge in [-0.05, 0) is 18.2 Å². The Kier molecular flexibility index (Phi) is 3.37. The van der Waals surface area contributed by atoms with E-state index in [9.17, 15) is 14.4 Å². The normalized spacial score (nSPS) is 14.7. The molecule has 0 saturated carbocycles. The van der Waals surface area contributed by atoms with Gasteiger partial charge in [-0.15, -0.1) is 5.06 Å². The molecule has 0 spiro atoms. The number of methoxy groups -OCH3 is 1. The van der Waals surface area contributed by atoms with Gasteiger partial charge in [-0.1, -0.05) is 0 Å². The van der Waals surface area contributed by atoms with Crippen LogP contribution in [0.5, 0.6) is 5.75 Å². The lowest BCUT2D eigenvalue weighted by Gasteiger charge is -2.13. The maximum atomic E-state index is 11.8. The summed E-state index contributed by atoms with van der Waals surface area (Å²) in [7, 11) is 1.41. The number of hydrogen-bond acceptors (Lipinski definition) is 6. The summed E-state index contributed by atoms with van der Waals surface area (Å²) in [5.41, 5.74) is 6.12. The summed E-state index contributed by atoms with van der Waals surface area (Å²) in [6, 6.07) is 4.27. The number of hydroxylamine groups is 2. The molecule has 0 unspecified atom stereocenters. The van der Waals surface area contributed by atoms with Crippen LogP contribution in [0.1, 0.15) is 23.2 Å². The van der Waals surface area contributed by atoms with Crippen LogP contribution in [0.4, 0.5) is 5.69 Å². The van der Waals surface area contributed by atoms with Gasteiger partial charge in [0.25, 0.3) is 11.8 Å². The second kappa shape index (κ2) is 4.97. The number of rotatable bonds is 3. The lowest BCUT2D eigenvalue weighted by atomic mass is 10.2. The zero-order valence-corrected chi connectivity index (χ0v) is 10.2. The molecule has 0 aliphatic carbocycles. The van der Waals surface area contributed by atoms with Gasteiger partial charge in [0.1, 0.15) is 5.75 Å². The quantitative estimate of drug-likeness (QED) is 0.630.